The molecule has 2 saturated heterocycles. The molecule has 1 aromatic carbocycles. The summed E-state index contributed by atoms with van der Waals surface area (Å²) in [5.74, 6) is -2.82. The van der Waals surface area contributed by atoms with E-state index in [2.05, 4.69) is 33.5 Å². The molecule has 304 valence electrons. The molecule has 6 N–H and O–H groups in total. The number of hydrogen-bond acceptors (Lipinski definition) is 15. The lowest BCUT2D eigenvalue weighted by atomic mass is 9.53. The number of anilines is 1. The van der Waals surface area contributed by atoms with E-state index in [0.717, 1.165) is 35.6 Å². The second-order valence-corrected chi connectivity index (χ2v) is 17.5. The van der Waals surface area contributed by atoms with Gasteiger partial charge in [-0.2, -0.15) is 0 Å². The zero-order valence-corrected chi connectivity index (χ0v) is 33.2. The summed E-state index contributed by atoms with van der Waals surface area (Å²) in [6.45, 7) is 3.75. The van der Waals surface area contributed by atoms with Crippen molar-refractivity contribution in [2.45, 2.75) is 73.9 Å². The lowest BCUT2D eigenvalue weighted by Gasteiger charge is -2.56. The second kappa shape index (κ2) is 14.7. The first-order chi connectivity index (χ1) is 27.6. The van der Waals surface area contributed by atoms with Crippen LogP contribution >= 0.6 is 23.1 Å². The fourth-order valence-corrected chi connectivity index (χ4v) is 10.7. The maximum absolute atomic E-state index is 13.1. The first-order valence-electron chi connectivity index (χ1n) is 18.5. The van der Waals surface area contributed by atoms with E-state index < -0.39 is 46.9 Å². The zero-order chi connectivity index (χ0) is 41.3. The van der Waals surface area contributed by atoms with Crippen molar-refractivity contribution in [3.05, 3.63) is 88.3 Å². The molecule has 0 saturated carbocycles. The standard InChI is InChI=1S/C22H22N6O7S2.C17H19NO3/c1-22(2,20(33)34)35-26-13(12-10-37-21(23)24-12)16(29)25-14-17(30)28-15(19(31)32)11(9-36-18(14)28)8-27-6-4-3-5-7-27;1-18-7-6-17-10-3-5-13(20)16(17)21-15-12(19)4-2-9(14(15)17)8-11(10)18/h3-7,10,14,18H,8-9H2,1-2H3,(H4-,23,24,25,29,31,32,33,34);2-5,10-11,13,16,19-20H,6-8H2,1H3/b26-13-;/t14-,18-;10-,11+,13-,16-,17-/m10/s1. The first kappa shape index (κ1) is 39.3. The van der Waals surface area contributed by atoms with Crippen LogP contribution in [-0.4, -0.2) is 114 Å². The van der Waals surface area contributed by atoms with Crippen molar-refractivity contribution >= 4 is 57.7 Å². The average Bonchev–Trinajstić information content (AvgIpc) is 3.79. The number of benzene rings is 1. The number of pyridine rings is 1. The Labute approximate surface area is 340 Å². The summed E-state index contributed by atoms with van der Waals surface area (Å²) < 4.78 is 7.87. The number of thiazole rings is 1. The van der Waals surface area contributed by atoms with Crippen molar-refractivity contribution in [1.82, 2.24) is 20.1 Å². The van der Waals surface area contributed by atoms with E-state index in [1.54, 1.807) is 35.2 Å². The van der Waals surface area contributed by atoms with Crippen molar-refractivity contribution in [1.29, 1.82) is 0 Å². The molecule has 19 heteroatoms. The number of aromatic nitrogens is 2. The summed E-state index contributed by atoms with van der Waals surface area (Å²) in [4.78, 5) is 62.1. The van der Waals surface area contributed by atoms with Crippen molar-refractivity contribution < 1.29 is 53.7 Å². The Morgan fingerprint density at radius 2 is 1.98 bits per heavy atom. The van der Waals surface area contributed by atoms with Gasteiger partial charge in [0.05, 0.1) is 11.7 Å². The van der Waals surface area contributed by atoms with Gasteiger partial charge < -0.3 is 50.7 Å². The van der Waals surface area contributed by atoms with Gasteiger partial charge in [-0.3, -0.25) is 14.5 Å². The zero-order valence-electron chi connectivity index (χ0n) is 31.6. The van der Waals surface area contributed by atoms with Gasteiger partial charge in [-0.05, 0) is 51.9 Å². The third kappa shape index (κ3) is 6.45. The third-order valence-corrected chi connectivity index (χ3v) is 13.7. The van der Waals surface area contributed by atoms with Crippen molar-refractivity contribution in [3.63, 3.8) is 0 Å². The number of carboxylic acids is 2. The maximum Gasteiger partial charge on any atom is 0.350 e. The Kier molecular flexibility index (Phi) is 9.97. The monoisotopic (exact) mass is 831 g/mol. The van der Waals surface area contributed by atoms with Crippen molar-refractivity contribution in [2.75, 3.05) is 25.1 Å². The number of hydrogen-bond donors (Lipinski definition) is 5. The number of rotatable bonds is 9. The van der Waals surface area contributed by atoms with Crippen LogP contribution in [0.15, 0.2) is 76.7 Å². The van der Waals surface area contributed by atoms with Gasteiger partial charge in [-0.1, -0.05) is 29.4 Å². The number of phenols is 1. The molecule has 7 atom stereocenters. The highest BCUT2D eigenvalue weighted by molar-refractivity contribution is 8.00. The highest BCUT2D eigenvalue weighted by Crippen LogP contribution is 2.62. The molecule has 2 aromatic heterocycles. The quantitative estimate of drug-likeness (QED) is 0.0622. The Hall–Kier alpha value is -5.50. The van der Waals surface area contributed by atoms with Gasteiger partial charge in [-0.15, -0.1) is 23.1 Å². The van der Waals surface area contributed by atoms with Crippen LogP contribution in [0.2, 0.25) is 0 Å². The number of phenolic OH excluding ortho intramolecular Hbond substituents is 1. The fraction of sp³-hybridized carbons (Fsp3) is 0.410. The van der Waals surface area contributed by atoms with E-state index in [1.165, 1.54) is 42.1 Å². The number of carbonyl (C=O) groups excluding carboxylic acids is 3. The Morgan fingerprint density at radius 1 is 1.22 bits per heavy atom. The van der Waals surface area contributed by atoms with Crippen LogP contribution in [-0.2, 0) is 42.4 Å². The Bertz CT molecular complexity index is 2300. The van der Waals surface area contributed by atoms with Gasteiger partial charge in [0.25, 0.3) is 11.8 Å². The summed E-state index contributed by atoms with van der Waals surface area (Å²) >= 11 is 2.32. The molecule has 1 spiro atoms. The number of fused-ring (bicyclic) bond motifs is 1. The number of carbonyl (C=O) groups is 4. The number of aliphatic hydroxyl groups is 1. The molecule has 9 rings (SSSR count). The minimum Gasteiger partial charge on any atom is -0.543 e. The van der Waals surface area contributed by atoms with E-state index in [9.17, 15) is 39.6 Å². The van der Waals surface area contributed by atoms with E-state index >= 15 is 0 Å². The molecule has 3 aromatic rings. The number of nitrogens with two attached hydrogens (primary N) is 1. The smallest absolute Gasteiger partial charge is 0.350 e. The van der Waals surface area contributed by atoms with Crippen LogP contribution in [0.25, 0.3) is 0 Å². The van der Waals surface area contributed by atoms with Gasteiger partial charge in [0.1, 0.15) is 29.3 Å². The number of amides is 2. The summed E-state index contributed by atoms with van der Waals surface area (Å²) in [7, 11) is 2.19. The molecule has 2 amide bonds. The van der Waals surface area contributed by atoms with Gasteiger partial charge in [0.2, 0.25) is 5.60 Å². The number of aliphatic hydroxyl groups excluding tert-OH is 1. The first-order valence-corrected chi connectivity index (χ1v) is 20.5. The lowest BCUT2D eigenvalue weighted by Crippen LogP contribution is -2.71. The van der Waals surface area contributed by atoms with E-state index in [4.69, 9.17) is 15.3 Å². The third-order valence-electron chi connectivity index (χ3n) is 11.7. The Balaban J connectivity index is 0.000000186. The number of aliphatic carboxylic acids is 2. The molecule has 58 heavy (non-hydrogen) atoms. The van der Waals surface area contributed by atoms with Crippen LogP contribution in [0.4, 0.5) is 5.13 Å². The van der Waals surface area contributed by atoms with Crippen molar-refractivity contribution in [2.24, 2.45) is 11.1 Å². The normalized spacial score (nSPS) is 28.0. The molecular weight excluding hydrogens is 791 g/mol. The number of β-lactam (4-membered cyclic amide) rings is 1. The molecule has 2 aliphatic carbocycles. The van der Waals surface area contributed by atoms with Crippen LogP contribution < -0.4 is 25.5 Å². The minimum absolute atomic E-state index is 0.0265. The molecule has 0 radical (unpaired) electrons. The van der Waals surface area contributed by atoms with Crippen molar-refractivity contribution in [3.8, 4) is 11.5 Å². The number of carboxylic acid groups (broad SMARTS) is 2. The predicted molar refractivity (Wildman–Crippen MR) is 207 cm³/mol. The second-order valence-electron chi connectivity index (χ2n) is 15.5. The summed E-state index contributed by atoms with van der Waals surface area (Å²) in [6.07, 6.45) is 8.73. The number of piperidine rings is 1. The molecule has 2 bridgehead atoms. The molecule has 0 unspecified atom stereocenters. The number of oxime groups is 1. The lowest BCUT2D eigenvalue weighted by molar-refractivity contribution is -0.689. The number of ether oxygens (including phenoxy) is 1. The van der Waals surface area contributed by atoms with E-state index in [1.807, 2.05) is 18.2 Å². The topological polar surface area (TPSA) is 244 Å². The molecule has 17 nitrogen and oxygen atoms in total. The van der Waals surface area contributed by atoms with Crippen LogP contribution in [0.1, 0.15) is 37.1 Å². The Morgan fingerprint density at radius 3 is 2.67 bits per heavy atom. The minimum atomic E-state index is -1.75. The SMILES string of the molecule is CC(C)(O/N=C(\C(=O)N[C@@H]1C(=O)N2C(C(=O)[O-])=C(C[n+]3ccccc3)CS[C@H]12)c1csc(N)n1)C(=O)O.CN1CC[C@]23c4c5ccc(O)c4O[C@H]2[C@@H](O)C=C[C@H]3[C@H]1C5. The fourth-order valence-electron chi connectivity index (χ4n) is 8.80. The molecule has 6 aliphatic rings. The van der Waals surface area contributed by atoms with Gasteiger partial charge in [0, 0.05) is 51.8 Å². The van der Waals surface area contributed by atoms with E-state index in [-0.39, 0.29) is 46.0 Å². The van der Waals surface area contributed by atoms with Gasteiger partial charge in [-0.25, -0.2) is 14.3 Å². The highest BCUT2D eigenvalue weighted by atomic mass is 32.2. The van der Waals surface area contributed by atoms with E-state index in [0.29, 0.717) is 29.0 Å². The van der Waals surface area contributed by atoms with Crippen LogP contribution in [0.3, 0.4) is 0 Å². The molecular formula is C39H41N7O10S2. The van der Waals surface area contributed by atoms with Gasteiger partial charge in [0.15, 0.2) is 41.3 Å². The number of likely N-dealkylation sites (N-methyl/N-ethyl adjacent to an activating group) is 1. The van der Waals surface area contributed by atoms with Crippen LogP contribution in [0.5, 0.6) is 11.5 Å². The number of nitrogens with zero attached hydrogens (tertiary/aromatic N) is 5. The summed E-state index contributed by atoms with van der Waals surface area (Å²) in [6, 6.07) is 8.59. The highest BCUT2D eigenvalue weighted by Gasteiger charge is 2.64. The summed E-state index contributed by atoms with van der Waals surface area (Å²) in [5.41, 5.74) is 6.12. The summed E-state index contributed by atoms with van der Waals surface area (Å²) in [5, 5.41) is 49.0. The average molecular weight is 832 g/mol. The number of nitrogen functional groups attached to an aromatic ring is 1. The number of nitrogens with one attached hydrogen (secondary N) is 1. The number of aromatic hydroxyl groups is 1. The molecule has 4 aliphatic heterocycles. The number of likely N-dealkylation sites (tertiary alicyclic amines) is 1. The van der Waals surface area contributed by atoms with Crippen LogP contribution in [0, 0.1) is 5.92 Å². The number of thioether (sulfide) groups is 1. The molecule has 6 heterocycles. The molecule has 2 fully saturated rings. The largest absolute Gasteiger partial charge is 0.543 e. The van der Waals surface area contributed by atoms with Gasteiger partial charge >= 0.3 is 5.97 Å². The maximum atomic E-state index is 13.1. The predicted octanol–water partition coefficient (Wildman–Crippen LogP) is -0.101.